The van der Waals surface area contributed by atoms with Crippen LogP contribution in [0.4, 0.5) is 0 Å². The van der Waals surface area contributed by atoms with Crippen LogP contribution in [0.25, 0.3) is 0 Å². The van der Waals surface area contributed by atoms with Crippen LogP contribution < -0.4 is 0 Å². The summed E-state index contributed by atoms with van der Waals surface area (Å²) in [6.07, 6.45) is 1.50. The second-order valence-corrected chi connectivity index (χ2v) is 2.31. The molecule has 0 bridgehead atoms. The normalized spacial score (nSPS) is 7.21. The molecule has 0 amide bonds. The zero-order valence-electron chi connectivity index (χ0n) is 9.43. The van der Waals surface area contributed by atoms with Gasteiger partial charge in [0.1, 0.15) is 6.07 Å². The number of nitrogens with zero attached hydrogens (tertiary/aromatic N) is 2. The van der Waals surface area contributed by atoms with Gasteiger partial charge in [0.15, 0.2) is 0 Å². The van der Waals surface area contributed by atoms with Gasteiger partial charge < -0.3 is 0 Å². The van der Waals surface area contributed by atoms with E-state index in [0.717, 1.165) is 5.69 Å². The van der Waals surface area contributed by atoms with Crippen LogP contribution >= 0.6 is 11.6 Å². The molecule has 0 aliphatic rings. The molecule has 0 fully saturated rings. The maximum absolute atomic E-state index is 8.40. The first-order chi connectivity index (χ1) is 6.74. The number of hydrogen-bond acceptors (Lipinski definition) is 2. The summed E-state index contributed by atoms with van der Waals surface area (Å²) in [5.41, 5.74) is 1.25. The van der Waals surface area contributed by atoms with E-state index in [1.165, 1.54) is 6.20 Å². The number of pyridine rings is 1. The Hall–Kier alpha value is -1.07. The first-order valence-electron chi connectivity index (χ1n) is 4.76. The van der Waals surface area contributed by atoms with Gasteiger partial charge in [-0.25, -0.2) is 0 Å². The van der Waals surface area contributed by atoms with Crippen molar-refractivity contribution in [1.82, 2.24) is 4.98 Å². The minimum Gasteiger partial charge on any atom is -0.259 e. The molecule has 78 valence electrons. The smallest absolute Gasteiger partial charge is 0.101 e. The second-order valence-electron chi connectivity index (χ2n) is 1.90. The fourth-order valence-corrected chi connectivity index (χ4v) is 0.734. The van der Waals surface area contributed by atoms with Gasteiger partial charge >= 0.3 is 0 Å². The lowest BCUT2D eigenvalue weighted by atomic mass is 10.3. The van der Waals surface area contributed by atoms with Gasteiger partial charge in [-0.05, 0) is 13.0 Å². The van der Waals surface area contributed by atoms with Gasteiger partial charge in [-0.15, -0.1) is 0 Å². The molecule has 0 spiro atoms. The first kappa shape index (κ1) is 15.4. The van der Waals surface area contributed by atoms with Crippen LogP contribution in [-0.2, 0) is 0 Å². The summed E-state index contributed by atoms with van der Waals surface area (Å²) in [5.74, 6) is 0. The summed E-state index contributed by atoms with van der Waals surface area (Å²) in [6.45, 7) is 9.80. The number of hydrogen-bond donors (Lipinski definition) is 0. The quantitative estimate of drug-likeness (QED) is 0.653. The van der Waals surface area contributed by atoms with Gasteiger partial charge in [0.05, 0.1) is 16.3 Å². The van der Waals surface area contributed by atoms with Gasteiger partial charge in [0, 0.05) is 6.20 Å². The summed E-state index contributed by atoms with van der Waals surface area (Å²) < 4.78 is 0. The molecule has 0 aliphatic heterocycles. The van der Waals surface area contributed by atoms with Crippen LogP contribution in [0, 0.1) is 18.3 Å². The Morgan fingerprint density at radius 1 is 1.29 bits per heavy atom. The average molecular weight is 213 g/mol. The van der Waals surface area contributed by atoms with E-state index in [1.54, 1.807) is 13.0 Å². The molecule has 0 radical (unpaired) electrons. The van der Waals surface area contributed by atoms with Gasteiger partial charge in [-0.1, -0.05) is 39.3 Å². The predicted octanol–water partition coefficient (Wildman–Crippen LogP) is 3.97. The molecular formula is C11H17ClN2. The van der Waals surface area contributed by atoms with Gasteiger partial charge in [0.2, 0.25) is 0 Å². The van der Waals surface area contributed by atoms with Crippen molar-refractivity contribution in [2.24, 2.45) is 0 Å². The van der Waals surface area contributed by atoms with E-state index in [1.807, 2.05) is 33.8 Å². The van der Waals surface area contributed by atoms with Crippen LogP contribution in [-0.4, -0.2) is 4.98 Å². The SMILES string of the molecule is CC.CC.Cc1ncc(C#N)cc1Cl. The highest BCUT2D eigenvalue weighted by Gasteiger charge is 1.96. The van der Waals surface area contributed by atoms with Crippen molar-refractivity contribution < 1.29 is 0 Å². The van der Waals surface area contributed by atoms with E-state index < -0.39 is 0 Å². The fourth-order valence-electron chi connectivity index (χ4n) is 0.567. The molecule has 0 N–H and O–H groups in total. The Morgan fingerprint density at radius 3 is 2.14 bits per heavy atom. The summed E-state index contributed by atoms with van der Waals surface area (Å²) >= 11 is 5.68. The predicted molar refractivity (Wildman–Crippen MR) is 61.4 cm³/mol. The van der Waals surface area contributed by atoms with Crippen molar-refractivity contribution in [1.29, 1.82) is 5.26 Å². The average Bonchev–Trinajstić information content (AvgIpc) is 2.28. The van der Waals surface area contributed by atoms with Gasteiger partial charge in [-0.2, -0.15) is 5.26 Å². The third-order valence-corrected chi connectivity index (χ3v) is 1.54. The van der Waals surface area contributed by atoms with Crippen LogP contribution in [0.5, 0.6) is 0 Å². The largest absolute Gasteiger partial charge is 0.259 e. The summed E-state index contributed by atoms with van der Waals surface area (Å²) in [4.78, 5) is 3.90. The number of halogens is 1. The Labute approximate surface area is 91.5 Å². The van der Waals surface area contributed by atoms with Crippen molar-refractivity contribution in [3.63, 3.8) is 0 Å². The van der Waals surface area contributed by atoms with E-state index in [2.05, 4.69) is 4.98 Å². The monoisotopic (exact) mass is 212 g/mol. The van der Waals surface area contributed by atoms with Crippen LogP contribution in [0.2, 0.25) is 5.02 Å². The lowest BCUT2D eigenvalue weighted by molar-refractivity contribution is 1.19. The molecule has 0 aromatic carbocycles. The molecule has 3 heteroatoms. The van der Waals surface area contributed by atoms with Gasteiger partial charge in [-0.3, -0.25) is 4.98 Å². The van der Waals surface area contributed by atoms with E-state index in [0.29, 0.717) is 10.6 Å². The molecule has 1 aromatic heterocycles. The second kappa shape index (κ2) is 10.0. The fraction of sp³-hybridized carbons (Fsp3) is 0.455. The Kier molecular flexibility index (Phi) is 11.0. The van der Waals surface area contributed by atoms with E-state index in [-0.39, 0.29) is 0 Å². The third kappa shape index (κ3) is 5.55. The summed E-state index contributed by atoms with van der Waals surface area (Å²) in [5, 5.41) is 8.95. The minimum atomic E-state index is 0.496. The van der Waals surface area contributed by atoms with E-state index >= 15 is 0 Å². The maximum atomic E-state index is 8.40. The van der Waals surface area contributed by atoms with Crippen molar-refractivity contribution in [3.05, 3.63) is 28.5 Å². The highest BCUT2D eigenvalue weighted by Crippen LogP contribution is 2.12. The zero-order valence-corrected chi connectivity index (χ0v) is 10.2. The highest BCUT2D eigenvalue weighted by atomic mass is 35.5. The summed E-state index contributed by atoms with van der Waals surface area (Å²) in [7, 11) is 0. The van der Waals surface area contributed by atoms with Crippen LogP contribution in [0.1, 0.15) is 39.0 Å². The third-order valence-electron chi connectivity index (χ3n) is 1.15. The van der Waals surface area contributed by atoms with Crippen molar-refractivity contribution in [3.8, 4) is 6.07 Å². The van der Waals surface area contributed by atoms with E-state index in [4.69, 9.17) is 16.9 Å². The Balaban J connectivity index is 0. The minimum absolute atomic E-state index is 0.496. The lowest BCUT2D eigenvalue weighted by Gasteiger charge is -1.93. The molecule has 1 aromatic rings. The number of aromatic nitrogens is 1. The molecule has 1 heterocycles. The molecule has 0 aliphatic carbocycles. The molecule has 0 saturated carbocycles. The summed E-state index contributed by atoms with van der Waals surface area (Å²) in [6, 6.07) is 3.55. The Morgan fingerprint density at radius 2 is 1.79 bits per heavy atom. The highest BCUT2D eigenvalue weighted by molar-refractivity contribution is 6.31. The van der Waals surface area contributed by atoms with E-state index in [9.17, 15) is 0 Å². The topological polar surface area (TPSA) is 36.7 Å². The number of rotatable bonds is 0. The van der Waals surface area contributed by atoms with Gasteiger partial charge in [0.25, 0.3) is 0 Å². The molecule has 14 heavy (non-hydrogen) atoms. The molecule has 0 atom stereocenters. The lowest BCUT2D eigenvalue weighted by Crippen LogP contribution is -1.83. The number of aryl methyl sites for hydroxylation is 1. The van der Waals surface area contributed by atoms with Crippen molar-refractivity contribution in [2.45, 2.75) is 34.6 Å². The molecule has 1 rings (SSSR count). The zero-order chi connectivity index (χ0) is 11.6. The maximum Gasteiger partial charge on any atom is 0.101 e. The first-order valence-corrected chi connectivity index (χ1v) is 5.14. The molecule has 0 saturated heterocycles. The molecular weight excluding hydrogens is 196 g/mol. The number of nitriles is 1. The van der Waals surface area contributed by atoms with Crippen molar-refractivity contribution >= 4 is 11.6 Å². The van der Waals surface area contributed by atoms with Crippen LogP contribution in [0.15, 0.2) is 12.3 Å². The van der Waals surface area contributed by atoms with Crippen LogP contribution in [0.3, 0.4) is 0 Å². The molecule has 0 unspecified atom stereocenters. The standard InChI is InChI=1S/C7H5ClN2.2C2H6/c1-5-7(8)2-6(3-9)4-10-5;2*1-2/h2,4H,1H3;2*1-2H3. The molecule has 2 nitrogen and oxygen atoms in total. The van der Waals surface area contributed by atoms with Crippen molar-refractivity contribution in [2.75, 3.05) is 0 Å². The Bertz CT molecular complexity index is 290.